The molecule has 2 aliphatic carbocycles. The second-order valence-corrected chi connectivity index (χ2v) is 7.41. The van der Waals surface area contributed by atoms with Crippen LogP contribution in [0.25, 0.3) is 0 Å². The third kappa shape index (κ3) is 2.73. The SMILES string of the molecule is CC(C(N)=S)S(=O)(=O)NC(C1CC1)C1CC1. The van der Waals surface area contributed by atoms with Crippen molar-refractivity contribution in [3.8, 4) is 0 Å². The molecule has 0 amide bonds. The largest absolute Gasteiger partial charge is 0.392 e. The first-order chi connectivity index (χ1) is 7.42. The van der Waals surface area contributed by atoms with Gasteiger partial charge in [-0.1, -0.05) is 12.2 Å². The third-order valence-electron chi connectivity index (χ3n) is 3.43. The van der Waals surface area contributed by atoms with Crippen molar-refractivity contribution < 1.29 is 8.42 Å². The summed E-state index contributed by atoms with van der Waals surface area (Å²) >= 11 is 4.74. The zero-order valence-electron chi connectivity index (χ0n) is 9.35. The van der Waals surface area contributed by atoms with Crippen LogP contribution in [0.2, 0.25) is 0 Å². The zero-order chi connectivity index (χ0) is 11.9. The maximum atomic E-state index is 12.0. The molecule has 4 nitrogen and oxygen atoms in total. The average molecular weight is 262 g/mol. The van der Waals surface area contributed by atoms with Crippen molar-refractivity contribution in [3.63, 3.8) is 0 Å². The van der Waals surface area contributed by atoms with E-state index < -0.39 is 15.3 Å². The Morgan fingerprint density at radius 2 is 1.75 bits per heavy atom. The van der Waals surface area contributed by atoms with E-state index in [4.69, 9.17) is 18.0 Å². The van der Waals surface area contributed by atoms with Crippen LogP contribution in [-0.4, -0.2) is 24.7 Å². The van der Waals surface area contributed by atoms with Crippen molar-refractivity contribution in [2.24, 2.45) is 17.6 Å². The molecule has 2 fully saturated rings. The first kappa shape index (κ1) is 12.3. The molecule has 2 rings (SSSR count). The maximum absolute atomic E-state index is 12.0. The van der Waals surface area contributed by atoms with Crippen molar-refractivity contribution in [1.29, 1.82) is 0 Å². The van der Waals surface area contributed by atoms with Crippen LogP contribution in [0.15, 0.2) is 0 Å². The Morgan fingerprint density at radius 3 is 2.06 bits per heavy atom. The molecule has 0 saturated heterocycles. The van der Waals surface area contributed by atoms with Gasteiger partial charge in [0, 0.05) is 6.04 Å². The Hall–Kier alpha value is -0.200. The number of hydrogen-bond acceptors (Lipinski definition) is 3. The van der Waals surface area contributed by atoms with Crippen LogP contribution in [0.5, 0.6) is 0 Å². The maximum Gasteiger partial charge on any atom is 0.221 e. The standard InChI is InChI=1S/C10H18N2O2S2/c1-6(10(11)15)16(13,14)12-9(7-2-3-7)8-4-5-8/h6-9,12H,2-5H2,1H3,(H2,11,15). The molecule has 92 valence electrons. The van der Waals surface area contributed by atoms with Crippen molar-refractivity contribution >= 4 is 27.2 Å². The van der Waals surface area contributed by atoms with Gasteiger partial charge in [-0.3, -0.25) is 0 Å². The molecule has 3 N–H and O–H groups in total. The molecule has 0 bridgehead atoms. The molecule has 0 aromatic carbocycles. The lowest BCUT2D eigenvalue weighted by atomic mass is 10.1. The lowest BCUT2D eigenvalue weighted by Gasteiger charge is -2.20. The summed E-state index contributed by atoms with van der Waals surface area (Å²) in [6.45, 7) is 1.54. The van der Waals surface area contributed by atoms with Crippen molar-refractivity contribution in [1.82, 2.24) is 4.72 Å². The van der Waals surface area contributed by atoms with E-state index in [0.717, 1.165) is 25.7 Å². The van der Waals surface area contributed by atoms with Crippen LogP contribution in [0, 0.1) is 11.8 Å². The normalized spacial score (nSPS) is 23.4. The first-order valence-corrected chi connectivity index (χ1v) is 7.67. The number of sulfonamides is 1. The lowest BCUT2D eigenvalue weighted by Crippen LogP contribution is -2.46. The topological polar surface area (TPSA) is 72.2 Å². The van der Waals surface area contributed by atoms with E-state index in [1.807, 2.05) is 0 Å². The molecular formula is C10H18N2O2S2. The van der Waals surface area contributed by atoms with Gasteiger partial charge in [-0.05, 0) is 44.4 Å². The fraction of sp³-hybridized carbons (Fsp3) is 0.900. The van der Waals surface area contributed by atoms with Crippen LogP contribution in [-0.2, 0) is 10.0 Å². The summed E-state index contributed by atoms with van der Waals surface area (Å²) in [6.07, 6.45) is 4.58. The van der Waals surface area contributed by atoms with Gasteiger partial charge in [0.05, 0.1) is 4.99 Å². The summed E-state index contributed by atoms with van der Waals surface area (Å²) < 4.78 is 26.7. The smallest absolute Gasteiger partial charge is 0.221 e. The third-order valence-corrected chi connectivity index (χ3v) is 5.71. The summed E-state index contributed by atoms with van der Waals surface area (Å²) in [5.41, 5.74) is 5.39. The van der Waals surface area contributed by atoms with Gasteiger partial charge >= 0.3 is 0 Å². The highest BCUT2D eigenvalue weighted by atomic mass is 32.2. The predicted octanol–water partition coefficient (Wildman–Crippen LogP) is 0.769. The number of nitrogens with one attached hydrogen (secondary N) is 1. The van der Waals surface area contributed by atoms with Crippen LogP contribution in [0.1, 0.15) is 32.6 Å². The summed E-state index contributed by atoms with van der Waals surface area (Å²) in [7, 11) is -3.39. The van der Waals surface area contributed by atoms with Gasteiger partial charge in [-0.15, -0.1) is 0 Å². The highest BCUT2D eigenvalue weighted by Gasteiger charge is 2.44. The molecule has 0 aromatic rings. The number of nitrogens with two attached hydrogens (primary N) is 1. The van der Waals surface area contributed by atoms with E-state index in [1.165, 1.54) is 0 Å². The van der Waals surface area contributed by atoms with Crippen LogP contribution < -0.4 is 10.5 Å². The van der Waals surface area contributed by atoms with Crippen molar-refractivity contribution in [2.75, 3.05) is 0 Å². The predicted molar refractivity (Wildman–Crippen MR) is 67.5 cm³/mol. The van der Waals surface area contributed by atoms with Gasteiger partial charge < -0.3 is 5.73 Å². The minimum Gasteiger partial charge on any atom is -0.392 e. The monoisotopic (exact) mass is 262 g/mol. The molecule has 6 heteroatoms. The second-order valence-electron chi connectivity index (χ2n) is 4.91. The molecule has 0 radical (unpaired) electrons. The lowest BCUT2D eigenvalue weighted by molar-refractivity contribution is 0.470. The van der Waals surface area contributed by atoms with Gasteiger partial charge in [0.2, 0.25) is 10.0 Å². The van der Waals surface area contributed by atoms with E-state index in [0.29, 0.717) is 11.8 Å². The van der Waals surface area contributed by atoms with Crippen LogP contribution in [0.4, 0.5) is 0 Å². The minimum atomic E-state index is -3.39. The van der Waals surface area contributed by atoms with Crippen molar-refractivity contribution in [2.45, 2.75) is 43.9 Å². The Kier molecular flexibility index (Phi) is 3.25. The summed E-state index contributed by atoms with van der Waals surface area (Å²) in [6, 6.07) is 0.127. The number of hydrogen-bond donors (Lipinski definition) is 2. The highest BCUT2D eigenvalue weighted by molar-refractivity contribution is 7.93. The molecular weight excluding hydrogens is 244 g/mol. The first-order valence-electron chi connectivity index (χ1n) is 5.72. The quantitative estimate of drug-likeness (QED) is 0.694. The molecule has 1 atom stereocenters. The van der Waals surface area contributed by atoms with E-state index in [-0.39, 0.29) is 11.0 Å². The Balaban J connectivity index is 2.03. The average Bonchev–Trinajstić information content (AvgIpc) is 3.00. The summed E-state index contributed by atoms with van der Waals surface area (Å²) in [5.74, 6) is 1.08. The Bertz CT molecular complexity index is 374. The molecule has 16 heavy (non-hydrogen) atoms. The van der Waals surface area contributed by atoms with Crippen LogP contribution >= 0.6 is 12.2 Å². The van der Waals surface area contributed by atoms with E-state index >= 15 is 0 Å². The van der Waals surface area contributed by atoms with E-state index in [9.17, 15) is 8.42 Å². The Labute approximate surface area is 102 Å². The van der Waals surface area contributed by atoms with Gasteiger partial charge in [0.1, 0.15) is 5.25 Å². The zero-order valence-corrected chi connectivity index (χ0v) is 11.0. The molecule has 2 aliphatic rings. The summed E-state index contributed by atoms with van der Waals surface area (Å²) in [5, 5.41) is -0.775. The van der Waals surface area contributed by atoms with Crippen molar-refractivity contribution in [3.05, 3.63) is 0 Å². The second kappa shape index (κ2) is 4.23. The molecule has 1 unspecified atom stereocenters. The van der Waals surface area contributed by atoms with Gasteiger partial charge in [0.25, 0.3) is 0 Å². The highest BCUT2D eigenvalue weighted by Crippen LogP contribution is 2.44. The molecule has 0 aromatic heterocycles. The van der Waals surface area contributed by atoms with Crippen LogP contribution in [0.3, 0.4) is 0 Å². The number of thiocarbonyl (C=S) groups is 1. The van der Waals surface area contributed by atoms with E-state index in [1.54, 1.807) is 6.92 Å². The van der Waals surface area contributed by atoms with Gasteiger partial charge in [0.15, 0.2) is 0 Å². The molecule has 0 heterocycles. The molecule has 0 spiro atoms. The van der Waals surface area contributed by atoms with Gasteiger partial charge in [-0.25, -0.2) is 13.1 Å². The molecule has 2 saturated carbocycles. The number of rotatable bonds is 6. The molecule has 0 aliphatic heterocycles. The fourth-order valence-corrected chi connectivity index (χ4v) is 3.59. The minimum absolute atomic E-state index is 0.0397. The Morgan fingerprint density at radius 1 is 1.31 bits per heavy atom. The summed E-state index contributed by atoms with van der Waals surface area (Å²) in [4.78, 5) is 0.0397. The fourth-order valence-electron chi connectivity index (χ4n) is 1.93. The van der Waals surface area contributed by atoms with E-state index in [2.05, 4.69) is 4.72 Å². The van der Waals surface area contributed by atoms with Gasteiger partial charge in [-0.2, -0.15) is 0 Å².